The van der Waals surface area contributed by atoms with Crippen LogP contribution in [0.5, 0.6) is 0 Å². The van der Waals surface area contributed by atoms with Crippen molar-refractivity contribution >= 4 is 27.3 Å². The van der Waals surface area contributed by atoms with E-state index in [1.165, 1.54) is 6.42 Å². The van der Waals surface area contributed by atoms with Gasteiger partial charge in [-0.1, -0.05) is 52.7 Å². The molecule has 0 amide bonds. The predicted molar refractivity (Wildman–Crippen MR) is 119 cm³/mol. The molecule has 3 heterocycles. The fourth-order valence-corrected chi connectivity index (χ4v) is 4.24. The molecule has 6 heteroatoms. The maximum atomic E-state index is 13.5. The van der Waals surface area contributed by atoms with Gasteiger partial charge in [0.05, 0.1) is 17.6 Å². The van der Waals surface area contributed by atoms with E-state index in [-0.39, 0.29) is 5.56 Å². The highest BCUT2D eigenvalue weighted by Gasteiger charge is 2.19. The third-order valence-electron chi connectivity index (χ3n) is 5.42. The number of nitrogens with one attached hydrogen (secondary N) is 1. The molecule has 0 saturated carbocycles. The number of benzene rings is 2. The van der Waals surface area contributed by atoms with Crippen molar-refractivity contribution in [3.8, 4) is 16.9 Å². The van der Waals surface area contributed by atoms with Gasteiger partial charge < -0.3 is 5.32 Å². The zero-order chi connectivity index (χ0) is 19.8. The van der Waals surface area contributed by atoms with Crippen LogP contribution in [0.1, 0.15) is 25.7 Å². The van der Waals surface area contributed by atoms with Crippen LogP contribution in [0.15, 0.2) is 70.1 Å². The lowest BCUT2D eigenvalue weighted by molar-refractivity contribution is 0.721. The molecular weight excluding hydrogens is 428 g/mol. The summed E-state index contributed by atoms with van der Waals surface area (Å²) in [5.74, 6) is 0. The summed E-state index contributed by atoms with van der Waals surface area (Å²) >= 11 is 3.49. The summed E-state index contributed by atoms with van der Waals surface area (Å²) in [5, 5.41) is 4.19. The highest BCUT2D eigenvalue weighted by atomic mass is 79.9. The molecule has 29 heavy (non-hydrogen) atoms. The summed E-state index contributed by atoms with van der Waals surface area (Å²) in [5.41, 5.74) is 4.41. The first-order chi connectivity index (χ1) is 14.2. The van der Waals surface area contributed by atoms with E-state index in [0.29, 0.717) is 10.9 Å². The number of nitrogens with zero attached hydrogens (tertiary/aromatic N) is 3. The molecule has 1 aliphatic rings. The Balaban J connectivity index is 1.82. The van der Waals surface area contributed by atoms with Crippen LogP contribution in [0.3, 0.4) is 0 Å². The Morgan fingerprint density at radius 1 is 0.966 bits per heavy atom. The average Bonchev–Trinajstić information content (AvgIpc) is 3.12. The topological polar surface area (TPSA) is 51.3 Å². The Bertz CT molecular complexity index is 1260. The minimum absolute atomic E-state index is 0.0227. The quantitative estimate of drug-likeness (QED) is 0.505. The van der Waals surface area contributed by atoms with E-state index >= 15 is 0 Å². The lowest BCUT2D eigenvalue weighted by atomic mass is 10.2. The molecule has 5 nitrogen and oxygen atoms in total. The van der Waals surface area contributed by atoms with Gasteiger partial charge in [-0.2, -0.15) is 0 Å². The Morgan fingerprint density at radius 2 is 1.76 bits per heavy atom. The second kappa shape index (κ2) is 7.52. The van der Waals surface area contributed by atoms with E-state index in [0.717, 1.165) is 52.9 Å². The number of halogens is 1. The molecule has 1 aliphatic heterocycles. The van der Waals surface area contributed by atoms with Gasteiger partial charge >= 0.3 is 0 Å². The number of aromatic nitrogens is 3. The van der Waals surface area contributed by atoms with E-state index in [1.54, 1.807) is 4.68 Å². The Morgan fingerprint density at radius 3 is 2.55 bits per heavy atom. The van der Waals surface area contributed by atoms with Crippen LogP contribution in [0.2, 0.25) is 0 Å². The van der Waals surface area contributed by atoms with Gasteiger partial charge in [0.15, 0.2) is 5.65 Å². The maximum absolute atomic E-state index is 13.5. The van der Waals surface area contributed by atoms with Crippen LogP contribution in [-0.2, 0) is 0 Å². The van der Waals surface area contributed by atoms with E-state index in [1.807, 2.05) is 65.3 Å². The number of hydrogen-bond acceptors (Lipinski definition) is 3. The predicted octanol–water partition coefficient (Wildman–Crippen LogP) is 3.91. The summed E-state index contributed by atoms with van der Waals surface area (Å²) in [6, 6.07) is 17.8. The summed E-state index contributed by atoms with van der Waals surface area (Å²) < 4.78 is 4.64. The average molecular weight is 449 g/mol. The Labute approximate surface area is 176 Å². The van der Waals surface area contributed by atoms with Crippen LogP contribution < -0.4 is 16.1 Å². The molecular formula is C23H21BrN4O. The van der Waals surface area contributed by atoms with Crippen LogP contribution in [0.25, 0.3) is 28.3 Å². The normalized spacial score (nSPS) is 16.6. The van der Waals surface area contributed by atoms with E-state index in [2.05, 4.69) is 21.2 Å². The molecule has 1 saturated heterocycles. The standard InChI is InChI=1S/C23H21BrN4O/c24-17-12-10-16(11-13-17)20-15-27-22(26-20)21(19-9-5-2-6-14-25-19)23(29)28(27)18-7-3-1-4-8-18/h1,3-4,7-8,10-13,15,25H,2,5-6,9,14H2/b21-19+. The highest BCUT2D eigenvalue weighted by Crippen LogP contribution is 2.22. The molecule has 4 aromatic rings. The van der Waals surface area contributed by atoms with Gasteiger partial charge in [0.2, 0.25) is 0 Å². The molecule has 5 rings (SSSR count). The SMILES string of the molecule is O=c1/c(=C2\CCCCCN2)c2nc(-c3ccc(Br)cc3)cn2n1-c1ccccc1. The Kier molecular flexibility index (Phi) is 4.72. The zero-order valence-corrected chi connectivity index (χ0v) is 17.5. The molecule has 1 fully saturated rings. The van der Waals surface area contributed by atoms with Crippen molar-refractivity contribution in [1.82, 2.24) is 19.5 Å². The van der Waals surface area contributed by atoms with E-state index in [9.17, 15) is 4.79 Å². The number of hydrogen-bond donors (Lipinski definition) is 1. The fourth-order valence-electron chi connectivity index (χ4n) is 3.97. The highest BCUT2D eigenvalue weighted by molar-refractivity contribution is 9.10. The monoisotopic (exact) mass is 448 g/mol. The summed E-state index contributed by atoms with van der Waals surface area (Å²) in [6.45, 7) is 0.901. The van der Waals surface area contributed by atoms with Gasteiger partial charge in [0, 0.05) is 22.3 Å². The van der Waals surface area contributed by atoms with Crippen LogP contribution in [0.4, 0.5) is 0 Å². The minimum Gasteiger partial charge on any atom is -0.388 e. The smallest absolute Gasteiger partial charge is 0.283 e. The van der Waals surface area contributed by atoms with Crippen molar-refractivity contribution in [3.05, 3.63) is 80.8 Å². The first kappa shape index (κ1) is 18.2. The van der Waals surface area contributed by atoms with Crippen molar-refractivity contribution < 1.29 is 0 Å². The number of imidazole rings is 1. The van der Waals surface area contributed by atoms with Crippen molar-refractivity contribution in [2.24, 2.45) is 0 Å². The molecule has 1 N–H and O–H groups in total. The lowest BCUT2D eigenvalue weighted by Gasteiger charge is -2.04. The minimum atomic E-state index is -0.0227. The molecule has 0 bridgehead atoms. The van der Waals surface area contributed by atoms with Crippen molar-refractivity contribution in [1.29, 1.82) is 0 Å². The van der Waals surface area contributed by atoms with E-state index < -0.39 is 0 Å². The molecule has 0 unspecified atom stereocenters. The van der Waals surface area contributed by atoms with Crippen molar-refractivity contribution in [2.45, 2.75) is 25.7 Å². The van der Waals surface area contributed by atoms with Crippen molar-refractivity contribution in [2.75, 3.05) is 6.54 Å². The molecule has 2 aromatic heterocycles. The summed E-state index contributed by atoms with van der Waals surface area (Å²) in [6.07, 6.45) is 6.23. The molecule has 0 aliphatic carbocycles. The zero-order valence-electron chi connectivity index (χ0n) is 15.9. The van der Waals surface area contributed by atoms with Gasteiger partial charge in [-0.3, -0.25) is 4.79 Å². The molecule has 0 atom stereocenters. The van der Waals surface area contributed by atoms with Crippen LogP contribution in [0, 0.1) is 0 Å². The molecule has 0 spiro atoms. The molecule has 0 radical (unpaired) electrons. The number of para-hydroxylation sites is 1. The Hall–Kier alpha value is -2.86. The molecule has 2 aromatic carbocycles. The van der Waals surface area contributed by atoms with Gasteiger partial charge in [0.25, 0.3) is 5.56 Å². The van der Waals surface area contributed by atoms with Crippen molar-refractivity contribution in [3.63, 3.8) is 0 Å². The summed E-state index contributed by atoms with van der Waals surface area (Å²) in [4.78, 5) is 18.4. The summed E-state index contributed by atoms with van der Waals surface area (Å²) in [7, 11) is 0. The van der Waals surface area contributed by atoms with Crippen LogP contribution in [-0.4, -0.2) is 20.7 Å². The van der Waals surface area contributed by atoms with E-state index in [4.69, 9.17) is 4.98 Å². The van der Waals surface area contributed by atoms with Gasteiger partial charge in [-0.15, -0.1) is 0 Å². The number of fused-ring (bicyclic) bond motifs is 1. The number of rotatable bonds is 2. The second-order valence-electron chi connectivity index (χ2n) is 7.34. The fraction of sp³-hybridized carbons (Fsp3) is 0.217. The van der Waals surface area contributed by atoms with Gasteiger partial charge in [-0.25, -0.2) is 14.2 Å². The third kappa shape index (κ3) is 3.27. The molecule has 146 valence electrons. The third-order valence-corrected chi connectivity index (χ3v) is 5.95. The van der Waals surface area contributed by atoms with Crippen LogP contribution >= 0.6 is 15.9 Å². The first-order valence-electron chi connectivity index (χ1n) is 9.95. The maximum Gasteiger partial charge on any atom is 0.283 e. The van der Waals surface area contributed by atoms with Gasteiger partial charge in [0.1, 0.15) is 5.22 Å². The van der Waals surface area contributed by atoms with Gasteiger partial charge in [-0.05, 0) is 43.5 Å². The lowest BCUT2D eigenvalue weighted by Crippen LogP contribution is -2.33. The largest absolute Gasteiger partial charge is 0.388 e. The second-order valence-corrected chi connectivity index (χ2v) is 8.26. The first-order valence-corrected chi connectivity index (χ1v) is 10.7.